The minimum atomic E-state index is -0.0682. The summed E-state index contributed by atoms with van der Waals surface area (Å²) in [6, 6.07) is 8.00. The van der Waals surface area contributed by atoms with Crippen LogP contribution < -0.4 is 10.1 Å². The maximum absolute atomic E-state index is 12.3. The van der Waals surface area contributed by atoms with Crippen LogP contribution in [0.25, 0.3) is 0 Å². The molecular weight excluding hydrogens is 310 g/mol. The van der Waals surface area contributed by atoms with Crippen molar-refractivity contribution in [2.24, 2.45) is 0 Å². The Labute approximate surface area is 140 Å². The molecule has 1 heterocycles. The van der Waals surface area contributed by atoms with Crippen molar-refractivity contribution in [3.05, 3.63) is 46.4 Å². The van der Waals surface area contributed by atoms with Gasteiger partial charge in [0.2, 0.25) is 0 Å². The van der Waals surface area contributed by atoms with Crippen molar-refractivity contribution in [1.29, 1.82) is 0 Å². The molecule has 0 spiro atoms. The van der Waals surface area contributed by atoms with E-state index in [1.165, 1.54) is 5.56 Å². The van der Waals surface area contributed by atoms with Gasteiger partial charge in [0.25, 0.3) is 0 Å². The lowest BCUT2D eigenvalue weighted by atomic mass is 9.95. The van der Waals surface area contributed by atoms with Crippen LogP contribution in [0.3, 0.4) is 0 Å². The van der Waals surface area contributed by atoms with Gasteiger partial charge in [-0.05, 0) is 18.9 Å². The molecule has 1 saturated carbocycles. The average molecular weight is 331 g/mol. The molecule has 0 saturated heterocycles. The summed E-state index contributed by atoms with van der Waals surface area (Å²) in [4.78, 5) is 18.2. The normalized spacial score (nSPS) is 15.0. The number of hydrogen-bond acceptors (Lipinski definition) is 4. The molecule has 1 aliphatic carbocycles. The lowest BCUT2D eigenvalue weighted by molar-refractivity contribution is 0.205. The van der Waals surface area contributed by atoms with Gasteiger partial charge in [-0.1, -0.05) is 18.2 Å². The highest BCUT2D eigenvalue weighted by molar-refractivity contribution is 7.09. The number of benzene rings is 1. The van der Waals surface area contributed by atoms with Crippen LogP contribution in [0.2, 0.25) is 0 Å². The van der Waals surface area contributed by atoms with E-state index in [9.17, 15) is 4.79 Å². The molecule has 2 amide bonds. The number of para-hydroxylation sites is 1. The minimum Gasteiger partial charge on any atom is -0.496 e. The first kappa shape index (κ1) is 15.8. The average Bonchev–Trinajstić information content (AvgIpc) is 3.20. The monoisotopic (exact) mass is 331 g/mol. The van der Waals surface area contributed by atoms with Crippen molar-refractivity contribution in [3.8, 4) is 5.75 Å². The first-order valence-corrected chi connectivity index (χ1v) is 8.53. The third-order valence-corrected chi connectivity index (χ3v) is 5.08. The zero-order chi connectivity index (χ0) is 16.3. The van der Waals surface area contributed by atoms with E-state index in [1.54, 1.807) is 36.6 Å². The topological polar surface area (TPSA) is 54.5 Å². The predicted octanol–water partition coefficient (Wildman–Crippen LogP) is 3.02. The van der Waals surface area contributed by atoms with Crippen molar-refractivity contribution in [2.75, 3.05) is 20.7 Å². The first-order valence-electron chi connectivity index (χ1n) is 7.65. The Kier molecular flexibility index (Phi) is 4.52. The third kappa shape index (κ3) is 3.47. The highest BCUT2D eigenvalue weighted by atomic mass is 32.1. The second-order valence-corrected chi connectivity index (χ2v) is 6.90. The summed E-state index contributed by atoms with van der Waals surface area (Å²) in [5.41, 5.74) is 1.20. The van der Waals surface area contributed by atoms with Gasteiger partial charge in [0.05, 0.1) is 13.7 Å². The van der Waals surface area contributed by atoms with E-state index >= 15 is 0 Å². The van der Waals surface area contributed by atoms with Gasteiger partial charge in [0, 0.05) is 36.1 Å². The second kappa shape index (κ2) is 6.58. The van der Waals surface area contributed by atoms with Gasteiger partial charge in [-0.25, -0.2) is 9.78 Å². The Hall–Kier alpha value is -2.08. The van der Waals surface area contributed by atoms with Crippen molar-refractivity contribution in [2.45, 2.75) is 24.8 Å². The summed E-state index contributed by atoms with van der Waals surface area (Å²) in [6.07, 6.45) is 3.90. The molecule has 3 rings (SSSR count). The molecule has 2 aromatic rings. The van der Waals surface area contributed by atoms with E-state index < -0.39 is 0 Å². The maximum Gasteiger partial charge on any atom is 0.317 e. The highest BCUT2D eigenvalue weighted by Gasteiger charge is 2.46. The molecule has 1 aliphatic rings. The van der Waals surface area contributed by atoms with Gasteiger partial charge in [0.15, 0.2) is 0 Å². The number of rotatable bonds is 6. The van der Waals surface area contributed by atoms with Gasteiger partial charge in [0.1, 0.15) is 10.8 Å². The Morgan fingerprint density at radius 3 is 2.87 bits per heavy atom. The van der Waals surface area contributed by atoms with Gasteiger partial charge in [-0.15, -0.1) is 11.3 Å². The Morgan fingerprint density at radius 1 is 1.43 bits per heavy atom. The molecular formula is C17H21N3O2S. The Morgan fingerprint density at radius 2 is 2.22 bits per heavy atom. The van der Waals surface area contributed by atoms with Crippen LogP contribution in [-0.2, 0) is 12.0 Å². The summed E-state index contributed by atoms with van der Waals surface area (Å²) in [7, 11) is 3.48. The molecule has 6 heteroatoms. The fourth-order valence-electron chi connectivity index (χ4n) is 2.76. The van der Waals surface area contributed by atoms with Crippen molar-refractivity contribution >= 4 is 17.4 Å². The Bertz CT molecular complexity index is 668. The number of methoxy groups -OCH3 is 1. The van der Waals surface area contributed by atoms with Crippen LogP contribution in [0, 0.1) is 0 Å². The van der Waals surface area contributed by atoms with Crippen LogP contribution in [0.5, 0.6) is 5.75 Å². The minimum absolute atomic E-state index is 0.0181. The molecule has 0 radical (unpaired) electrons. The number of carbonyl (C=O) groups excluding carboxylic acids is 1. The maximum atomic E-state index is 12.3. The molecule has 0 bridgehead atoms. The molecule has 0 atom stereocenters. The fraction of sp³-hybridized carbons (Fsp3) is 0.412. The smallest absolute Gasteiger partial charge is 0.317 e. The van der Waals surface area contributed by atoms with Crippen molar-refractivity contribution < 1.29 is 9.53 Å². The largest absolute Gasteiger partial charge is 0.496 e. The molecule has 1 fully saturated rings. The van der Waals surface area contributed by atoms with Crippen LogP contribution in [-0.4, -0.2) is 36.6 Å². The number of urea groups is 1. The number of aromatic nitrogens is 1. The number of carbonyl (C=O) groups is 1. The van der Waals surface area contributed by atoms with E-state index in [4.69, 9.17) is 4.74 Å². The van der Waals surface area contributed by atoms with Crippen LogP contribution in [0.15, 0.2) is 35.8 Å². The van der Waals surface area contributed by atoms with E-state index in [1.807, 2.05) is 23.6 Å². The standard InChI is InChI=1S/C17H21N3O2S/c1-20(11-15-18-9-10-23-15)16(21)19-12-17(7-8-17)13-5-3-4-6-14(13)22-2/h3-6,9-10H,7-8,11-12H2,1-2H3,(H,19,21). The van der Waals surface area contributed by atoms with E-state index in [2.05, 4.69) is 16.4 Å². The number of amides is 2. The van der Waals surface area contributed by atoms with Crippen LogP contribution >= 0.6 is 11.3 Å². The molecule has 1 aromatic carbocycles. The fourth-order valence-corrected chi connectivity index (χ4v) is 3.43. The summed E-state index contributed by atoms with van der Waals surface area (Å²) in [5, 5.41) is 5.91. The summed E-state index contributed by atoms with van der Waals surface area (Å²) >= 11 is 1.56. The van der Waals surface area contributed by atoms with E-state index in [0.717, 1.165) is 23.6 Å². The van der Waals surface area contributed by atoms with Crippen LogP contribution in [0.1, 0.15) is 23.4 Å². The van der Waals surface area contributed by atoms with Crippen LogP contribution in [0.4, 0.5) is 4.79 Å². The van der Waals surface area contributed by atoms with Gasteiger partial charge in [-0.3, -0.25) is 0 Å². The van der Waals surface area contributed by atoms with Crippen molar-refractivity contribution in [3.63, 3.8) is 0 Å². The quantitative estimate of drug-likeness (QED) is 0.885. The number of thiazole rings is 1. The summed E-state index contributed by atoms with van der Waals surface area (Å²) in [6.45, 7) is 1.17. The second-order valence-electron chi connectivity index (χ2n) is 5.92. The summed E-state index contributed by atoms with van der Waals surface area (Å²) < 4.78 is 5.47. The van der Waals surface area contributed by atoms with Crippen molar-refractivity contribution in [1.82, 2.24) is 15.2 Å². The molecule has 0 aliphatic heterocycles. The summed E-state index contributed by atoms with van der Waals surface area (Å²) in [5.74, 6) is 0.899. The number of hydrogen-bond donors (Lipinski definition) is 1. The molecule has 0 unspecified atom stereocenters. The zero-order valence-electron chi connectivity index (χ0n) is 13.4. The lowest BCUT2D eigenvalue weighted by Crippen LogP contribution is -2.40. The SMILES string of the molecule is COc1ccccc1C1(CNC(=O)N(C)Cc2nccs2)CC1. The zero-order valence-corrected chi connectivity index (χ0v) is 14.2. The molecule has 122 valence electrons. The predicted molar refractivity (Wildman–Crippen MR) is 90.9 cm³/mol. The molecule has 1 N–H and O–H groups in total. The Balaban J connectivity index is 1.60. The molecule has 23 heavy (non-hydrogen) atoms. The lowest BCUT2D eigenvalue weighted by Gasteiger charge is -2.22. The van der Waals surface area contributed by atoms with E-state index in [-0.39, 0.29) is 11.4 Å². The highest BCUT2D eigenvalue weighted by Crippen LogP contribution is 2.50. The third-order valence-electron chi connectivity index (χ3n) is 4.31. The number of nitrogens with zero attached hydrogens (tertiary/aromatic N) is 2. The molecule has 1 aromatic heterocycles. The number of ether oxygens (including phenoxy) is 1. The first-order chi connectivity index (χ1) is 11.1. The van der Waals surface area contributed by atoms with Gasteiger partial charge >= 0.3 is 6.03 Å². The molecule has 5 nitrogen and oxygen atoms in total. The number of nitrogens with one attached hydrogen (secondary N) is 1. The van der Waals surface area contributed by atoms with Gasteiger partial charge < -0.3 is 15.0 Å². The van der Waals surface area contributed by atoms with Gasteiger partial charge in [-0.2, -0.15) is 0 Å². The van der Waals surface area contributed by atoms with E-state index in [0.29, 0.717) is 13.1 Å².